The lowest BCUT2D eigenvalue weighted by atomic mass is 10.2. The molecule has 1 heterocycles. The highest BCUT2D eigenvalue weighted by Crippen LogP contribution is 2.16. The predicted molar refractivity (Wildman–Crippen MR) is 55.5 cm³/mol. The Kier molecular flexibility index (Phi) is 3.05. The molecule has 0 spiro atoms. The quantitative estimate of drug-likeness (QED) is 0.609. The van der Waals surface area contributed by atoms with E-state index in [1.54, 1.807) is 0 Å². The van der Waals surface area contributed by atoms with Crippen LogP contribution in [0.3, 0.4) is 0 Å². The van der Waals surface area contributed by atoms with Crippen LogP contribution in [0.5, 0.6) is 0 Å². The number of benzene rings is 1. The molecule has 0 bridgehead atoms. The topological polar surface area (TPSA) is 61.6 Å². The fourth-order valence-corrected chi connectivity index (χ4v) is 1.52. The zero-order valence-corrected chi connectivity index (χ0v) is 8.61. The molecule has 0 radical (unpaired) electrons. The maximum atomic E-state index is 13.4. The molecule has 2 rings (SSSR count). The van der Waals surface area contributed by atoms with Gasteiger partial charge in [-0.2, -0.15) is 0 Å². The summed E-state index contributed by atoms with van der Waals surface area (Å²) in [6.45, 7) is 0.949. The van der Waals surface area contributed by atoms with Crippen molar-refractivity contribution >= 4 is 11.7 Å². The van der Waals surface area contributed by atoms with Crippen LogP contribution >= 0.6 is 0 Å². The van der Waals surface area contributed by atoms with E-state index in [9.17, 15) is 9.18 Å². The number of hydrogen-bond donors (Lipinski definition) is 1. The summed E-state index contributed by atoms with van der Waals surface area (Å²) in [4.78, 5) is 11.6. The highest BCUT2D eigenvalue weighted by atomic mass is 19.1. The lowest BCUT2D eigenvalue weighted by Gasteiger charge is -2.10. The van der Waals surface area contributed by atoms with Crippen molar-refractivity contribution in [2.75, 3.05) is 18.9 Å². The van der Waals surface area contributed by atoms with E-state index in [1.807, 2.05) is 0 Å². The second-order valence-corrected chi connectivity index (χ2v) is 3.63. The summed E-state index contributed by atoms with van der Waals surface area (Å²) < 4.78 is 23.5. The molecule has 5 heteroatoms. The first-order chi connectivity index (χ1) is 7.66. The summed E-state index contributed by atoms with van der Waals surface area (Å²) >= 11 is 0. The molecule has 1 aromatic rings. The van der Waals surface area contributed by atoms with E-state index in [0.717, 1.165) is 6.07 Å². The number of hydrogen-bond acceptors (Lipinski definition) is 4. The first-order valence-electron chi connectivity index (χ1n) is 5.00. The number of carbonyl (C=O) groups excluding carboxylic acids is 1. The number of nitrogen functional groups attached to an aromatic ring is 1. The molecule has 0 aliphatic carbocycles. The molecule has 1 fully saturated rings. The average Bonchev–Trinajstić information content (AvgIpc) is 2.70. The van der Waals surface area contributed by atoms with E-state index in [1.165, 1.54) is 12.1 Å². The number of nitrogens with two attached hydrogens (primary N) is 1. The Morgan fingerprint density at radius 1 is 1.56 bits per heavy atom. The molecule has 2 N–H and O–H groups in total. The Morgan fingerprint density at radius 2 is 2.38 bits per heavy atom. The SMILES string of the molecule is Nc1ccc(C(=O)OC2CCOC2)c(F)c1. The van der Waals surface area contributed by atoms with Crippen molar-refractivity contribution in [1.82, 2.24) is 0 Å². The highest BCUT2D eigenvalue weighted by Gasteiger charge is 2.22. The van der Waals surface area contributed by atoms with Gasteiger partial charge in [0, 0.05) is 12.1 Å². The van der Waals surface area contributed by atoms with Gasteiger partial charge in [-0.05, 0) is 18.2 Å². The molecule has 1 unspecified atom stereocenters. The lowest BCUT2D eigenvalue weighted by Crippen LogP contribution is -2.19. The van der Waals surface area contributed by atoms with E-state index >= 15 is 0 Å². The Hall–Kier alpha value is -1.62. The molecule has 0 saturated carbocycles. The minimum absolute atomic E-state index is 0.0962. The summed E-state index contributed by atoms with van der Waals surface area (Å²) in [6.07, 6.45) is 0.381. The van der Waals surface area contributed by atoms with Gasteiger partial charge in [-0.1, -0.05) is 0 Å². The van der Waals surface area contributed by atoms with Crippen LogP contribution in [0.4, 0.5) is 10.1 Å². The third-order valence-electron chi connectivity index (χ3n) is 2.37. The van der Waals surface area contributed by atoms with E-state index in [2.05, 4.69) is 0 Å². The molecule has 0 aromatic heterocycles. The number of rotatable bonds is 2. The smallest absolute Gasteiger partial charge is 0.341 e. The molecular weight excluding hydrogens is 213 g/mol. The summed E-state index contributed by atoms with van der Waals surface area (Å²) in [5, 5.41) is 0. The van der Waals surface area contributed by atoms with Crippen LogP contribution in [-0.2, 0) is 9.47 Å². The molecular formula is C11H12FNO3. The summed E-state index contributed by atoms with van der Waals surface area (Å²) in [6, 6.07) is 3.88. The summed E-state index contributed by atoms with van der Waals surface area (Å²) in [7, 11) is 0. The fourth-order valence-electron chi connectivity index (χ4n) is 1.52. The third kappa shape index (κ3) is 2.30. The van der Waals surface area contributed by atoms with E-state index in [4.69, 9.17) is 15.2 Å². The van der Waals surface area contributed by atoms with Gasteiger partial charge in [-0.25, -0.2) is 9.18 Å². The van der Waals surface area contributed by atoms with Gasteiger partial charge < -0.3 is 15.2 Å². The molecule has 0 amide bonds. The maximum absolute atomic E-state index is 13.4. The second kappa shape index (κ2) is 4.49. The number of esters is 1. The summed E-state index contributed by atoms with van der Waals surface area (Å²) in [5.74, 6) is -1.34. The van der Waals surface area contributed by atoms with Gasteiger partial charge in [0.05, 0.1) is 18.8 Å². The van der Waals surface area contributed by atoms with Gasteiger partial charge >= 0.3 is 5.97 Å². The summed E-state index contributed by atoms with van der Waals surface area (Å²) in [5.41, 5.74) is 5.56. The van der Waals surface area contributed by atoms with Gasteiger partial charge in [-0.3, -0.25) is 0 Å². The molecule has 1 aliphatic rings. The Balaban J connectivity index is 2.08. The Morgan fingerprint density at radius 3 is 3.00 bits per heavy atom. The molecule has 16 heavy (non-hydrogen) atoms. The van der Waals surface area contributed by atoms with Crippen LogP contribution in [0, 0.1) is 5.82 Å². The van der Waals surface area contributed by atoms with Crippen LogP contribution in [-0.4, -0.2) is 25.3 Å². The second-order valence-electron chi connectivity index (χ2n) is 3.63. The van der Waals surface area contributed by atoms with Gasteiger partial charge in [0.25, 0.3) is 0 Å². The van der Waals surface area contributed by atoms with E-state index < -0.39 is 11.8 Å². The number of halogens is 1. The van der Waals surface area contributed by atoms with Crippen molar-refractivity contribution < 1.29 is 18.7 Å². The average molecular weight is 225 g/mol. The molecule has 1 saturated heterocycles. The lowest BCUT2D eigenvalue weighted by molar-refractivity contribution is 0.0266. The molecule has 4 nitrogen and oxygen atoms in total. The van der Waals surface area contributed by atoms with Crippen molar-refractivity contribution in [1.29, 1.82) is 0 Å². The predicted octanol–water partition coefficient (Wildman–Crippen LogP) is 1.35. The number of carbonyl (C=O) groups is 1. The standard InChI is InChI=1S/C11H12FNO3/c12-10-5-7(13)1-2-9(10)11(14)16-8-3-4-15-6-8/h1-2,5,8H,3-4,6,13H2. The Bertz CT molecular complexity index is 402. The van der Waals surface area contributed by atoms with Crippen molar-refractivity contribution in [3.8, 4) is 0 Å². The molecule has 1 aromatic carbocycles. The van der Waals surface area contributed by atoms with Gasteiger partial charge in [0.15, 0.2) is 0 Å². The number of ether oxygens (including phenoxy) is 2. The zero-order valence-electron chi connectivity index (χ0n) is 8.61. The van der Waals surface area contributed by atoms with Crippen LogP contribution in [0.15, 0.2) is 18.2 Å². The monoisotopic (exact) mass is 225 g/mol. The number of anilines is 1. The van der Waals surface area contributed by atoms with Crippen LogP contribution in [0.1, 0.15) is 16.8 Å². The van der Waals surface area contributed by atoms with Gasteiger partial charge in [0.1, 0.15) is 11.9 Å². The van der Waals surface area contributed by atoms with Crippen molar-refractivity contribution in [3.05, 3.63) is 29.6 Å². The molecule has 86 valence electrons. The fraction of sp³-hybridized carbons (Fsp3) is 0.364. The molecule has 1 aliphatic heterocycles. The maximum Gasteiger partial charge on any atom is 0.341 e. The zero-order chi connectivity index (χ0) is 11.5. The van der Waals surface area contributed by atoms with Crippen LogP contribution < -0.4 is 5.73 Å². The van der Waals surface area contributed by atoms with Crippen molar-refractivity contribution in [2.45, 2.75) is 12.5 Å². The van der Waals surface area contributed by atoms with Gasteiger partial charge in [-0.15, -0.1) is 0 Å². The van der Waals surface area contributed by atoms with E-state index in [-0.39, 0.29) is 17.4 Å². The highest BCUT2D eigenvalue weighted by molar-refractivity contribution is 5.90. The Labute approximate surface area is 92.1 Å². The largest absolute Gasteiger partial charge is 0.456 e. The van der Waals surface area contributed by atoms with Crippen molar-refractivity contribution in [2.24, 2.45) is 0 Å². The minimum Gasteiger partial charge on any atom is -0.456 e. The van der Waals surface area contributed by atoms with Crippen LogP contribution in [0.2, 0.25) is 0 Å². The first-order valence-corrected chi connectivity index (χ1v) is 5.00. The first kappa shape index (κ1) is 10.9. The van der Waals surface area contributed by atoms with E-state index in [0.29, 0.717) is 19.6 Å². The van der Waals surface area contributed by atoms with Crippen molar-refractivity contribution in [3.63, 3.8) is 0 Å². The normalized spacial score (nSPS) is 19.7. The van der Waals surface area contributed by atoms with Gasteiger partial charge in [0.2, 0.25) is 0 Å². The third-order valence-corrected chi connectivity index (χ3v) is 2.37. The van der Waals surface area contributed by atoms with Crippen LogP contribution in [0.25, 0.3) is 0 Å². The minimum atomic E-state index is -0.673. The molecule has 1 atom stereocenters.